The molecule has 32 heavy (non-hydrogen) atoms. The average Bonchev–Trinajstić information content (AvgIpc) is 3.19. The summed E-state index contributed by atoms with van der Waals surface area (Å²) in [5.41, 5.74) is 11.4. The van der Waals surface area contributed by atoms with Gasteiger partial charge in [0.1, 0.15) is 0 Å². The topological polar surface area (TPSA) is 12.0 Å². The number of anilines is 2. The number of fused-ring (bicyclic) bond motifs is 3. The maximum atomic E-state index is 3.61. The van der Waals surface area contributed by atoms with Gasteiger partial charge < -0.3 is 5.32 Å². The van der Waals surface area contributed by atoms with Gasteiger partial charge in [0.15, 0.2) is 0 Å². The van der Waals surface area contributed by atoms with E-state index in [1.807, 2.05) is 6.07 Å². The van der Waals surface area contributed by atoms with Crippen LogP contribution in [-0.4, -0.2) is 0 Å². The molecule has 5 aromatic carbocycles. The van der Waals surface area contributed by atoms with Crippen molar-refractivity contribution in [2.75, 3.05) is 5.32 Å². The Kier molecular flexibility index (Phi) is 4.58. The molecular weight excluding hydrogens is 386 g/mol. The third-order valence-electron chi connectivity index (χ3n) is 6.34. The summed E-state index contributed by atoms with van der Waals surface area (Å²) in [7, 11) is 0. The molecule has 0 spiro atoms. The molecule has 1 aliphatic rings. The van der Waals surface area contributed by atoms with Gasteiger partial charge in [-0.3, -0.25) is 0 Å². The Hall–Kier alpha value is -4.10. The van der Waals surface area contributed by atoms with E-state index in [0.29, 0.717) is 0 Å². The van der Waals surface area contributed by atoms with Gasteiger partial charge in [0, 0.05) is 17.3 Å². The number of hydrogen-bond donors (Lipinski definition) is 1. The Morgan fingerprint density at radius 2 is 1.03 bits per heavy atom. The van der Waals surface area contributed by atoms with Gasteiger partial charge >= 0.3 is 0 Å². The van der Waals surface area contributed by atoms with E-state index in [-0.39, 0.29) is 5.92 Å². The Morgan fingerprint density at radius 3 is 1.81 bits per heavy atom. The lowest BCUT2D eigenvalue weighted by Gasteiger charge is -2.16. The molecule has 1 atom stereocenters. The summed E-state index contributed by atoms with van der Waals surface area (Å²) in [6.45, 7) is 0. The summed E-state index contributed by atoms with van der Waals surface area (Å²) >= 11 is 0. The largest absolute Gasteiger partial charge is 0.356 e. The van der Waals surface area contributed by atoms with Crippen molar-refractivity contribution < 1.29 is 0 Å². The quantitative estimate of drug-likeness (QED) is 0.309. The minimum absolute atomic E-state index is 0.268. The average molecular weight is 410 g/mol. The molecule has 6 rings (SSSR count). The molecule has 1 aliphatic carbocycles. The first-order valence-electron chi connectivity index (χ1n) is 11.1. The summed E-state index contributed by atoms with van der Waals surface area (Å²) in [6, 6.07) is 45.5. The standard InChI is InChI=1S/C31H23N/c1-3-9-22(10-4-1)23-15-17-25(18-16-23)32-26-19-20-28-27-13-7-8-14-29(27)31(30(28)21-26)24-11-5-2-6-12-24/h1-21,31-32H. The van der Waals surface area contributed by atoms with Crippen LogP contribution in [0, 0.1) is 0 Å². The first-order chi connectivity index (χ1) is 15.9. The number of hydrogen-bond acceptors (Lipinski definition) is 1. The van der Waals surface area contributed by atoms with Crippen LogP contribution in [0.15, 0.2) is 127 Å². The molecule has 0 heterocycles. The molecule has 0 fully saturated rings. The van der Waals surface area contributed by atoms with Crippen LogP contribution in [0.1, 0.15) is 22.6 Å². The molecule has 0 bridgehead atoms. The van der Waals surface area contributed by atoms with E-state index in [9.17, 15) is 0 Å². The van der Waals surface area contributed by atoms with Gasteiger partial charge in [-0.25, -0.2) is 0 Å². The van der Waals surface area contributed by atoms with Crippen molar-refractivity contribution in [1.29, 1.82) is 0 Å². The van der Waals surface area contributed by atoms with Crippen LogP contribution in [-0.2, 0) is 0 Å². The van der Waals surface area contributed by atoms with Crippen LogP contribution in [0.5, 0.6) is 0 Å². The Balaban J connectivity index is 1.34. The predicted octanol–water partition coefficient (Wildman–Crippen LogP) is 8.26. The van der Waals surface area contributed by atoms with Gasteiger partial charge in [-0.15, -0.1) is 0 Å². The van der Waals surface area contributed by atoms with Crippen LogP contribution in [0.3, 0.4) is 0 Å². The van der Waals surface area contributed by atoms with Crippen LogP contribution < -0.4 is 5.32 Å². The van der Waals surface area contributed by atoms with Crippen molar-refractivity contribution >= 4 is 11.4 Å². The highest BCUT2D eigenvalue weighted by atomic mass is 14.9. The lowest BCUT2D eigenvalue weighted by Crippen LogP contribution is -1.99. The molecule has 0 radical (unpaired) electrons. The van der Waals surface area contributed by atoms with Gasteiger partial charge in [0.2, 0.25) is 0 Å². The Labute approximate surface area is 189 Å². The highest BCUT2D eigenvalue weighted by Crippen LogP contribution is 2.48. The van der Waals surface area contributed by atoms with Crippen LogP contribution >= 0.6 is 0 Å². The highest BCUT2D eigenvalue weighted by molar-refractivity contribution is 5.83. The zero-order chi connectivity index (χ0) is 21.3. The van der Waals surface area contributed by atoms with Crippen molar-refractivity contribution in [2.24, 2.45) is 0 Å². The molecule has 1 heteroatoms. The van der Waals surface area contributed by atoms with Crippen LogP contribution in [0.4, 0.5) is 11.4 Å². The molecule has 1 N–H and O–H groups in total. The summed E-state index contributed by atoms with van der Waals surface area (Å²) < 4.78 is 0. The molecule has 0 saturated carbocycles. The number of rotatable bonds is 4. The minimum atomic E-state index is 0.268. The van der Waals surface area contributed by atoms with Gasteiger partial charge in [-0.05, 0) is 63.2 Å². The van der Waals surface area contributed by atoms with Crippen molar-refractivity contribution in [3.05, 3.63) is 144 Å². The lowest BCUT2D eigenvalue weighted by molar-refractivity contribution is 1.02. The summed E-state index contributed by atoms with van der Waals surface area (Å²) in [5, 5.41) is 3.61. The third-order valence-corrected chi connectivity index (χ3v) is 6.34. The predicted molar refractivity (Wildman–Crippen MR) is 134 cm³/mol. The molecule has 152 valence electrons. The van der Waals surface area contributed by atoms with E-state index in [0.717, 1.165) is 11.4 Å². The smallest absolute Gasteiger partial charge is 0.0387 e. The second-order valence-corrected chi connectivity index (χ2v) is 8.30. The van der Waals surface area contributed by atoms with E-state index >= 15 is 0 Å². The summed E-state index contributed by atoms with van der Waals surface area (Å²) in [4.78, 5) is 0. The molecular formula is C31H23N. The molecule has 0 aliphatic heterocycles. The zero-order valence-electron chi connectivity index (χ0n) is 17.7. The first kappa shape index (κ1) is 18.7. The van der Waals surface area contributed by atoms with Crippen LogP contribution in [0.25, 0.3) is 22.3 Å². The fraction of sp³-hybridized carbons (Fsp3) is 0.0323. The molecule has 0 saturated heterocycles. The molecule has 5 aromatic rings. The van der Waals surface area contributed by atoms with E-state index < -0.39 is 0 Å². The van der Waals surface area contributed by atoms with E-state index in [1.54, 1.807) is 0 Å². The summed E-state index contributed by atoms with van der Waals surface area (Å²) in [5.74, 6) is 0.268. The third kappa shape index (κ3) is 3.29. The fourth-order valence-corrected chi connectivity index (χ4v) is 4.83. The van der Waals surface area contributed by atoms with E-state index in [1.165, 1.54) is 38.9 Å². The first-order valence-corrected chi connectivity index (χ1v) is 11.1. The second-order valence-electron chi connectivity index (χ2n) is 8.30. The molecule has 0 aromatic heterocycles. The van der Waals surface area contributed by atoms with Gasteiger partial charge in [0.25, 0.3) is 0 Å². The normalized spacial score (nSPS) is 13.9. The van der Waals surface area contributed by atoms with Gasteiger partial charge in [-0.1, -0.05) is 103 Å². The van der Waals surface area contributed by atoms with Gasteiger partial charge in [0.05, 0.1) is 0 Å². The van der Waals surface area contributed by atoms with Crippen molar-refractivity contribution in [3.63, 3.8) is 0 Å². The Bertz CT molecular complexity index is 1370. The van der Waals surface area contributed by atoms with Crippen molar-refractivity contribution in [3.8, 4) is 22.3 Å². The highest BCUT2D eigenvalue weighted by Gasteiger charge is 2.29. The Morgan fingerprint density at radius 1 is 0.438 bits per heavy atom. The summed E-state index contributed by atoms with van der Waals surface area (Å²) in [6.07, 6.45) is 0. The SMILES string of the molecule is c1ccc(-c2ccc(Nc3ccc4c(c3)C(c3ccccc3)c3ccccc3-4)cc2)cc1. The molecule has 0 amide bonds. The van der Waals surface area contributed by atoms with E-state index in [2.05, 4.69) is 127 Å². The van der Waals surface area contributed by atoms with Crippen molar-refractivity contribution in [2.45, 2.75) is 5.92 Å². The maximum absolute atomic E-state index is 3.61. The van der Waals surface area contributed by atoms with Crippen molar-refractivity contribution in [1.82, 2.24) is 0 Å². The van der Waals surface area contributed by atoms with E-state index in [4.69, 9.17) is 0 Å². The monoisotopic (exact) mass is 409 g/mol. The number of benzene rings is 5. The van der Waals surface area contributed by atoms with Gasteiger partial charge in [-0.2, -0.15) is 0 Å². The molecule has 1 unspecified atom stereocenters. The second kappa shape index (κ2) is 7.86. The van der Waals surface area contributed by atoms with Crippen LogP contribution in [0.2, 0.25) is 0 Å². The zero-order valence-corrected chi connectivity index (χ0v) is 17.7. The fourth-order valence-electron chi connectivity index (χ4n) is 4.83. The number of nitrogens with one attached hydrogen (secondary N) is 1. The lowest BCUT2D eigenvalue weighted by atomic mass is 9.89. The minimum Gasteiger partial charge on any atom is -0.356 e. The maximum Gasteiger partial charge on any atom is 0.0387 e. The molecule has 1 nitrogen and oxygen atoms in total.